The Bertz CT molecular complexity index is 501. The number of benzene rings is 1. The molecule has 0 unspecified atom stereocenters. The van der Waals surface area contributed by atoms with Crippen LogP contribution in [0.3, 0.4) is 0 Å². The van der Waals surface area contributed by atoms with E-state index in [1.54, 1.807) is 6.07 Å². The fourth-order valence-corrected chi connectivity index (χ4v) is 1.88. The van der Waals surface area contributed by atoms with E-state index in [0.29, 0.717) is 22.5 Å². The molecule has 1 aromatic carbocycles. The number of ether oxygens (including phenoxy) is 1. The molecule has 2 aromatic rings. The number of rotatable bonds is 3. The molecule has 6 heteroatoms. The van der Waals surface area contributed by atoms with Crippen molar-refractivity contribution in [2.45, 2.75) is 13.5 Å². The van der Waals surface area contributed by atoms with Crippen molar-refractivity contribution >= 4 is 28.1 Å². The molecule has 0 saturated heterocycles. The molecule has 84 valence electrons. The van der Waals surface area contributed by atoms with Gasteiger partial charge in [0.05, 0.1) is 5.02 Å². The molecule has 0 aliphatic carbocycles. The first-order valence-electron chi connectivity index (χ1n) is 4.62. The van der Waals surface area contributed by atoms with Crippen molar-refractivity contribution in [1.29, 1.82) is 0 Å². The zero-order chi connectivity index (χ0) is 11.5. The van der Waals surface area contributed by atoms with Gasteiger partial charge in [-0.05, 0) is 24.6 Å². The van der Waals surface area contributed by atoms with E-state index in [2.05, 4.69) is 10.2 Å². The van der Waals surface area contributed by atoms with E-state index in [9.17, 15) is 0 Å². The average Bonchev–Trinajstić information content (AvgIpc) is 2.66. The molecule has 1 aromatic heterocycles. The predicted octanol–water partition coefficient (Wildman–Crippen LogP) is 2.66. The van der Waals surface area contributed by atoms with Gasteiger partial charge in [-0.1, -0.05) is 29.0 Å². The summed E-state index contributed by atoms with van der Waals surface area (Å²) in [6.07, 6.45) is 0. The summed E-state index contributed by atoms with van der Waals surface area (Å²) in [5.41, 5.74) is 6.56. The molecule has 0 spiro atoms. The first kappa shape index (κ1) is 11.2. The summed E-state index contributed by atoms with van der Waals surface area (Å²) in [7, 11) is 0. The highest BCUT2D eigenvalue weighted by Crippen LogP contribution is 2.26. The first-order valence-corrected chi connectivity index (χ1v) is 5.81. The van der Waals surface area contributed by atoms with E-state index in [-0.39, 0.29) is 0 Å². The Kier molecular flexibility index (Phi) is 3.26. The van der Waals surface area contributed by atoms with Gasteiger partial charge in [-0.3, -0.25) is 0 Å². The minimum absolute atomic E-state index is 0.331. The van der Waals surface area contributed by atoms with E-state index in [1.165, 1.54) is 11.3 Å². The van der Waals surface area contributed by atoms with Crippen LogP contribution in [0.4, 0.5) is 5.13 Å². The van der Waals surface area contributed by atoms with E-state index in [4.69, 9.17) is 22.1 Å². The highest BCUT2D eigenvalue weighted by molar-refractivity contribution is 7.15. The Morgan fingerprint density at radius 3 is 2.94 bits per heavy atom. The van der Waals surface area contributed by atoms with E-state index < -0.39 is 0 Å². The maximum Gasteiger partial charge on any atom is 0.203 e. The summed E-state index contributed by atoms with van der Waals surface area (Å²) in [6, 6.07) is 5.62. The van der Waals surface area contributed by atoms with Crippen LogP contribution in [0, 0.1) is 6.92 Å². The van der Waals surface area contributed by atoms with Crippen molar-refractivity contribution in [3.8, 4) is 5.75 Å². The molecule has 2 N–H and O–H groups in total. The predicted molar refractivity (Wildman–Crippen MR) is 64.8 cm³/mol. The van der Waals surface area contributed by atoms with Crippen LogP contribution in [0.15, 0.2) is 18.2 Å². The van der Waals surface area contributed by atoms with Gasteiger partial charge < -0.3 is 10.5 Å². The van der Waals surface area contributed by atoms with Crippen molar-refractivity contribution in [3.05, 3.63) is 33.8 Å². The highest BCUT2D eigenvalue weighted by atomic mass is 35.5. The maximum absolute atomic E-state index is 5.99. The number of anilines is 1. The lowest BCUT2D eigenvalue weighted by molar-refractivity contribution is 0.304. The molecule has 0 atom stereocenters. The van der Waals surface area contributed by atoms with E-state index >= 15 is 0 Å². The molecule has 0 bridgehead atoms. The number of aromatic nitrogens is 2. The molecule has 0 aliphatic heterocycles. The van der Waals surface area contributed by atoms with Crippen LogP contribution < -0.4 is 10.5 Å². The van der Waals surface area contributed by atoms with Gasteiger partial charge in [-0.25, -0.2) is 0 Å². The normalized spacial score (nSPS) is 10.4. The van der Waals surface area contributed by atoms with Crippen LogP contribution in [-0.4, -0.2) is 10.2 Å². The smallest absolute Gasteiger partial charge is 0.203 e. The third kappa shape index (κ3) is 2.62. The SMILES string of the molecule is Cc1ccc(Cl)c(OCc2nnc(N)s2)c1. The zero-order valence-corrected chi connectivity index (χ0v) is 10.2. The molecular formula is C10H10ClN3OS. The summed E-state index contributed by atoms with van der Waals surface area (Å²) in [5.74, 6) is 0.649. The van der Waals surface area contributed by atoms with Crippen LogP contribution in [0.1, 0.15) is 10.6 Å². The Hall–Kier alpha value is -1.33. The largest absolute Gasteiger partial charge is 0.485 e. The number of halogens is 1. The second-order valence-electron chi connectivity index (χ2n) is 3.26. The molecular weight excluding hydrogens is 246 g/mol. The van der Waals surface area contributed by atoms with Gasteiger partial charge >= 0.3 is 0 Å². The van der Waals surface area contributed by atoms with Gasteiger partial charge in [0.25, 0.3) is 0 Å². The number of aryl methyl sites for hydroxylation is 1. The molecule has 0 saturated carbocycles. The monoisotopic (exact) mass is 255 g/mol. The fourth-order valence-electron chi connectivity index (χ4n) is 1.19. The van der Waals surface area contributed by atoms with Crippen LogP contribution in [0.5, 0.6) is 5.75 Å². The lowest BCUT2D eigenvalue weighted by Gasteiger charge is -2.06. The van der Waals surface area contributed by atoms with Gasteiger partial charge in [0, 0.05) is 0 Å². The minimum atomic E-state index is 0.331. The van der Waals surface area contributed by atoms with Gasteiger partial charge in [-0.2, -0.15) is 0 Å². The van der Waals surface area contributed by atoms with Crippen molar-refractivity contribution in [1.82, 2.24) is 10.2 Å². The number of nitrogens with two attached hydrogens (primary N) is 1. The van der Waals surface area contributed by atoms with Crippen molar-refractivity contribution < 1.29 is 4.74 Å². The highest BCUT2D eigenvalue weighted by Gasteiger charge is 2.05. The second kappa shape index (κ2) is 4.67. The zero-order valence-electron chi connectivity index (χ0n) is 8.61. The third-order valence-corrected chi connectivity index (χ3v) is 2.96. The van der Waals surface area contributed by atoms with Gasteiger partial charge in [0.1, 0.15) is 12.4 Å². The standard InChI is InChI=1S/C10H10ClN3OS/c1-6-2-3-7(11)8(4-6)15-5-9-13-14-10(12)16-9/h2-4H,5H2,1H3,(H2,12,14). The third-order valence-electron chi connectivity index (χ3n) is 1.92. The summed E-state index contributed by atoms with van der Waals surface area (Å²) in [5, 5.41) is 9.32. The molecule has 4 nitrogen and oxygen atoms in total. The van der Waals surface area contributed by atoms with Gasteiger partial charge in [-0.15, -0.1) is 10.2 Å². The second-order valence-corrected chi connectivity index (χ2v) is 4.76. The molecule has 2 rings (SSSR count). The average molecular weight is 256 g/mol. The number of hydrogen-bond donors (Lipinski definition) is 1. The topological polar surface area (TPSA) is 61.0 Å². The number of nitrogens with zero attached hydrogens (tertiary/aromatic N) is 2. The van der Waals surface area contributed by atoms with Crippen LogP contribution >= 0.6 is 22.9 Å². The molecule has 0 fully saturated rings. The Labute approximate surface area is 102 Å². The van der Waals surface area contributed by atoms with Gasteiger partial charge in [0.2, 0.25) is 5.13 Å². The van der Waals surface area contributed by atoms with Crippen molar-refractivity contribution in [2.24, 2.45) is 0 Å². The van der Waals surface area contributed by atoms with Crippen LogP contribution in [0.25, 0.3) is 0 Å². The molecule has 0 radical (unpaired) electrons. The molecule has 16 heavy (non-hydrogen) atoms. The minimum Gasteiger partial charge on any atom is -0.485 e. The van der Waals surface area contributed by atoms with E-state index in [0.717, 1.165) is 10.6 Å². The van der Waals surface area contributed by atoms with Crippen molar-refractivity contribution in [2.75, 3.05) is 5.73 Å². The lowest BCUT2D eigenvalue weighted by atomic mass is 10.2. The summed E-state index contributed by atoms with van der Waals surface area (Å²) >= 11 is 7.29. The van der Waals surface area contributed by atoms with Crippen molar-refractivity contribution in [3.63, 3.8) is 0 Å². The Morgan fingerprint density at radius 1 is 1.44 bits per heavy atom. The lowest BCUT2D eigenvalue weighted by Crippen LogP contribution is -1.95. The number of nitrogen functional groups attached to an aromatic ring is 1. The number of hydrogen-bond acceptors (Lipinski definition) is 5. The summed E-state index contributed by atoms with van der Waals surface area (Å²) in [6.45, 7) is 2.31. The summed E-state index contributed by atoms with van der Waals surface area (Å²) < 4.78 is 5.54. The quantitative estimate of drug-likeness (QED) is 0.916. The van der Waals surface area contributed by atoms with Crippen LogP contribution in [0.2, 0.25) is 5.02 Å². The summed E-state index contributed by atoms with van der Waals surface area (Å²) in [4.78, 5) is 0. The van der Waals surface area contributed by atoms with Gasteiger partial charge in [0.15, 0.2) is 5.01 Å². The molecule has 1 heterocycles. The first-order chi connectivity index (χ1) is 7.65. The Balaban J connectivity index is 2.07. The fraction of sp³-hybridized carbons (Fsp3) is 0.200. The van der Waals surface area contributed by atoms with Crippen LogP contribution in [-0.2, 0) is 6.61 Å². The Morgan fingerprint density at radius 2 is 2.25 bits per heavy atom. The molecule has 0 aliphatic rings. The van der Waals surface area contributed by atoms with E-state index in [1.807, 2.05) is 19.1 Å². The maximum atomic E-state index is 5.99. The molecule has 0 amide bonds.